The number of hydrogen-bond acceptors (Lipinski definition) is 4. The highest BCUT2D eigenvalue weighted by Gasteiger charge is 2.41. The average molecular weight is 324 g/mol. The molecule has 1 saturated carbocycles. The summed E-state index contributed by atoms with van der Waals surface area (Å²) in [6, 6.07) is 8.27. The van der Waals surface area contributed by atoms with Crippen molar-refractivity contribution in [3.63, 3.8) is 0 Å². The van der Waals surface area contributed by atoms with E-state index in [0.29, 0.717) is 11.6 Å². The number of carbonyl (C=O) groups is 1. The Balaban J connectivity index is 1.40. The molecule has 5 rings (SSSR count). The Kier molecular flexibility index (Phi) is 3.23. The molecular weight excluding hydrogens is 304 g/mol. The Morgan fingerprint density at radius 1 is 1.17 bits per heavy atom. The fraction of sp³-hybridized carbons (Fsp3) is 0.474. The third-order valence-electron chi connectivity index (χ3n) is 5.45. The molecular formula is C19H20N2O3. The van der Waals surface area contributed by atoms with Crippen LogP contribution in [0.4, 0.5) is 0 Å². The van der Waals surface area contributed by atoms with Gasteiger partial charge in [-0.3, -0.25) is 4.79 Å². The van der Waals surface area contributed by atoms with Crippen LogP contribution < -0.4 is 5.32 Å². The molecule has 2 aliphatic carbocycles. The van der Waals surface area contributed by atoms with Gasteiger partial charge in [0.05, 0.1) is 12.1 Å². The van der Waals surface area contributed by atoms with E-state index in [-0.39, 0.29) is 18.1 Å². The Labute approximate surface area is 140 Å². The van der Waals surface area contributed by atoms with E-state index in [1.807, 2.05) is 18.2 Å². The van der Waals surface area contributed by atoms with Crippen LogP contribution in [0, 0.1) is 5.92 Å². The second-order valence-corrected chi connectivity index (χ2v) is 7.04. The van der Waals surface area contributed by atoms with E-state index in [1.54, 1.807) is 0 Å². The van der Waals surface area contributed by atoms with Gasteiger partial charge in [-0.1, -0.05) is 29.4 Å². The maximum absolute atomic E-state index is 12.7. The number of rotatable bonds is 3. The second kappa shape index (κ2) is 5.45. The molecule has 1 aromatic carbocycles. The van der Waals surface area contributed by atoms with Gasteiger partial charge in [-0.25, -0.2) is 0 Å². The van der Waals surface area contributed by atoms with Crippen molar-refractivity contribution in [2.45, 2.75) is 44.2 Å². The molecule has 1 aliphatic heterocycles. The van der Waals surface area contributed by atoms with E-state index < -0.39 is 0 Å². The number of aromatic nitrogens is 1. The summed E-state index contributed by atoms with van der Waals surface area (Å²) in [4.78, 5) is 12.7. The predicted molar refractivity (Wildman–Crippen MR) is 87.7 cm³/mol. The van der Waals surface area contributed by atoms with Crippen LogP contribution in [0.1, 0.15) is 40.9 Å². The molecule has 0 spiro atoms. The lowest BCUT2D eigenvalue weighted by molar-refractivity contribution is 0.0725. The highest BCUT2D eigenvalue weighted by atomic mass is 16.5. The van der Waals surface area contributed by atoms with E-state index in [9.17, 15) is 4.79 Å². The van der Waals surface area contributed by atoms with Crippen molar-refractivity contribution in [3.8, 4) is 11.3 Å². The number of aryl methyl sites for hydroxylation is 1. The van der Waals surface area contributed by atoms with Gasteiger partial charge in [-0.2, -0.15) is 0 Å². The van der Waals surface area contributed by atoms with Crippen LogP contribution in [0.2, 0.25) is 0 Å². The smallest absolute Gasteiger partial charge is 0.274 e. The zero-order valence-electron chi connectivity index (χ0n) is 13.5. The van der Waals surface area contributed by atoms with Crippen LogP contribution in [0.25, 0.3) is 11.3 Å². The summed E-state index contributed by atoms with van der Waals surface area (Å²) in [5, 5.41) is 7.24. The van der Waals surface area contributed by atoms with Gasteiger partial charge in [0.2, 0.25) is 0 Å². The minimum atomic E-state index is -0.125. The molecule has 2 aromatic rings. The van der Waals surface area contributed by atoms with Crippen molar-refractivity contribution < 1.29 is 14.1 Å². The van der Waals surface area contributed by atoms with Crippen molar-refractivity contribution in [1.82, 2.24) is 10.5 Å². The van der Waals surface area contributed by atoms with E-state index in [2.05, 4.69) is 16.5 Å². The van der Waals surface area contributed by atoms with E-state index >= 15 is 0 Å². The molecule has 24 heavy (non-hydrogen) atoms. The van der Waals surface area contributed by atoms with Gasteiger partial charge in [0.1, 0.15) is 0 Å². The molecule has 1 N–H and O–H groups in total. The fourth-order valence-corrected chi connectivity index (χ4v) is 4.04. The molecule has 0 radical (unpaired) electrons. The monoisotopic (exact) mass is 324 g/mol. The second-order valence-electron chi connectivity index (χ2n) is 7.04. The Morgan fingerprint density at radius 2 is 2.04 bits per heavy atom. The normalized spacial score (nSPS) is 25.2. The first-order valence-corrected chi connectivity index (χ1v) is 8.80. The molecule has 124 valence electrons. The predicted octanol–water partition coefficient (Wildman–Crippen LogP) is 2.74. The van der Waals surface area contributed by atoms with Crippen LogP contribution >= 0.6 is 0 Å². The first-order valence-electron chi connectivity index (χ1n) is 8.80. The zero-order chi connectivity index (χ0) is 16.1. The minimum absolute atomic E-state index is 0.105. The van der Waals surface area contributed by atoms with Crippen molar-refractivity contribution in [2.24, 2.45) is 5.92 Å². The number of ether oxygens (including phenoxy) is 1. The molecule has 0 unspecified atom stereocenters. The lowest BCUT2D eigenvalue weighted by atomic mass is 9.89. The Hall–Kier alpha value is -2.14. The molecule has 1 aromatic heterocycles. The third kappa shape index (κ3) is 2.26. The Morgan fingerprint density at radius 3 is 2.92 bits per heavy atom. The SMILES string of the molecule is O=C(N[C@@H]1CCO[C@H]1C1CC1)c1noc2c1CCc1ccccc1-2. The van der Waals surface area contributed by atoms with Gasteiger partial charge in [0.15, 0.2) is 11.5 Å². The largest absolute Gasteiger partial charge is 0.376 e. The summed E-state index contributed by atoms with van der Waals surface area (Å²) in [6.45, 7) is 0.733. The number of hydrogen-bond donors (Lipinski definition) is 1. The molecule has 0 bridgehead atoms. The summed E-state index contributed by atoms with van der Waals surface area (Å²) in [6.07, 6.45) is 5.21. The quantitative estimate of drug-likeness (QED) is 0.943. The Bertz CT molecular complexity index is 794. The fourth-order valence-electron chi connectivity index (χ4n) is 4.04. The van der Waals surface area contributed by atoms with Crippen LogP contribution in [-0.2, 0) is 17.6 Å². The lowest BCUT2D eigenvalue weighted by Gasteiger charge is -2.19. The molecule has 5 nitrogen and oxygen atoms in total. The highest BCUT2D eigenvalue weighted by molar-refractivity contribution is 5.95. The number of carbonyl (C=O) groups excluding carboxylic acids is 1. The number of amides is 1. The number of fused-ring (bicyclic) bond motifs is 3. The molecule has 1 saturated heterocycles. The molecule has 2 heterocycles. The topological polar surface area (TPSA) is 64.4 Å². The van der Waals surface area contributed by atoms with Crippen molar-refractivity contribution in [2.75, 3.05) is 6.61 Å². The molecule has 1 amide bonds. The number of nitrogens with zero attached hydrogens (tertiary/aromatic N) is 1. The number of nitrogens with one attached hydrogen (secondary N) is 1. The van der Waals surface area contributed by atoms with Gasteiger partial charge in [-0.15, -0.1) is 0 Å². The van der Waals surface area contributed by atoms with Crippen LogP contribution in [0.3, 0.4) is 0 Å². The summed E-state index contributed by atoms with van der Waals surface area (Å²) < 4.78 is 11.4. The van der Waals surface area contributed by atoms with Gasteiger partial charge in [0, 0.05) is 17.7 Å². The van der Waals surface area contributed by atoms with Crippen molar-refractivity contribution >= 4 is 5.91 Å². The van der Waals surface area contributed by atoms with Crippen LogP contribution in [-0.4, -0.2) is 29.8 Å². The molecule has 2 fully saturated rings. The van der Waals surface area contributed by atoms with Gasteiger partial charge >= 0.3 is 0 Å². The maximum atomic E-state index is 12.7. The maximum Gasteiger partial charge on any atom is 0.274 e. The summed E-state index contributed by atoms with van der Waals surface area (Å²) in [5.74, 6) is 1.25. The van der Waals surface area contributed by atoms with Crippen LogP contribution in [0.5, 0.6) is 0 Å². The van der Waals surface area contributed by atoms with Gasteiger partial charge < -0.3 is 14.6 Å². The summed E-state index contributed by atoms with van der Waals surface area (Å²) in [7, 11) is 0. The number of benzene rings is 1. The molecule has 2 atom stereocenters. The van der Waals surface area contributed by atoms with E-state index in [1.165, 1.54) is 18.4 Å². The lowest BCUT2D eigenvalue weighted by Crippen LogP contribution is -2.41. The van der Waals surface area contributed by atoms with Gasteiger partial charge in [-0.05, 0) is 43.6 Å². The highest BCUT2D eigenvalue weighted by Crippen LogP contribution is 2.39. The van der Waals surface area contributed by atoms with E-state index in [4.69, 9.17) is 9.26 Å². The average Bonchev–Trinajstić information content (AvgIpc) is 3.18. The van der Waals surface area contributed by atoms with Crippen molar-refractivity contribution in [3.05, 3.63) is 41.1 Å². The zero-order valence-corrected chi connectivity index (χ0v) is 13.5. The van der Waals surface area contributed by atoms with Gasteiger partial charge in [0.25, 0.3) is 5.91 Å². The standard InChI is InChI=1S/C19H20N2O3/c22-19(20-15-9-10-23-17(15)12-5-6-12)16-14-8-7-11-3-1-2-4-13(11)18(14)24-21-16/h1-4,12,15,17H,5-10H2,(H,20,22)/t15-,17+/m1/s1. The summed E-state index contributed by atoms with van der Waals surface area (Å²) in [5.41, 5.74) is 3.70. The first kappa shape index (κ1) is 14.2. The van der Waals surface area contributed by atoms with Crippen molar-refractivity contribution in [1.29, 1.82) is 0 Å². The molecule has 3 aliphatic rings. The van der Waals surface area contributed by atoms with E-state index in [0.717, 1.165) is 42.8 Å². The summed E-state index contributed by atoms with van der Waals surface area (Å²) >= 11 is 0. The third-order valence-corrected chi connectivity index (χ3v) is 5.45. The minimum Gasteiger partial charge on any atom is -0.376 e. The van der Waals surface area contributed by atoms with Crippen LogP contribution in [0.15, 0.2) is 28.8 Å². The molecule has 5 heteroatoms. The first-order chi connectivity index (χ1) is 11.8.